The van der Waals surface area contributed by atoms with Crippen LogP contribution in [0.2, 0.25) is 0 Å². The molecule has 0 amide bonds. The lowest BCUT2D eigenvalue weighted by molar-refractivity contribution is -0.149. The summed E-state index contributed by atoms with van der Waals surface area (Å²) in [6.45, 7) is 7.74. The Morgan fingerprint density at radius 1 is 1.19 bits per heavy atom. The molecule has 0 bridgehead atoms. The van der Waals surface area contributed by atoms with E-state index < -0.39 is 11.4 Å². The van der Waals surface area contributed by atoms with E-state index in [-0.39, 0.29) is 5.92 Å². The molecular weight excluding hydrogens is 200 g/mol. The highest BCUT2D eigenvalue weighted by molar-refractivity contribution is 5.75. The van der Waals surface area contributed by atoms with E-state index in [0.29, 0.717) is 5.92 Å². The molecule has 0 spiro atoms. The number of aliphatic carboxylic acids is 1. The standard InChI is InChI=1S/C14H20O2/c1-10(2)12(14(3,4)13(15)16)11-8-6-5-7-9-11/h5-10,12H,1-4H3,(H,15,16). The summed E-state index contributed by atoms with van der Waals surface area (Å²) in [5, 5.41) is 9.32. The van der Waals surface area contributed by atoms with Gasteiger partial charge in [0.1, 0.15) is 0 Å². The summed E-state index contributed by atoms with van der Waals surface area (Å²) in [5.41, 5.74) is 0.361. The summed E-state index contributed by atoms with van der Waals surface area (Å²) in [7, 11) is 0. The third kappa shape index (κ3) is 2.43. The minimum atomic E-state index is -0.741. The fourth-order valence-electron chi connectivity index (χ4n) is 2.43. The van der Waals surface area contributed by atoms with E-state index in [9.17, 15) is 9.90 Å². The monoisotopic (exact) mass is 220 g/mol. The van der Waals surface area contributed by atoms with Crippen LogP contribution in [0.5, 0.6) is 0 Å². The first-order valence-corrected chi connectivity index (χ1v) is 5.65. The topological polar surface area (TPSA) is 37.3 Å². The third-order valence-corrected chi connectivity index (χ3v) is 3.15. The van der Waals surface area contributed by atoms with Gasteiger partial charge in [-0.2, -0.15) is 0 Å². The first-order chi connectivity index (χ1) is 7.37. The Labute approximate surface area is 97.3 Å². The van der Waals surface area contributed by atoms with E-state index in [1.807, 2.05) is 30.3 Å². The Hall–Kier alpha value is -1.31. The molecule has 0 radical (unpaired) electrons. The molecule has 0 saturated heterocycles. The Bertz CT molecular complexity index is 352. The molecule has 88 valence electrons. The van der Waals surface area contributed by atoms with Crippen molar-refractivity contribution < 1.29 is 9.90 Å². The first-order valence-electron chi connectivity index (χ1n) is 5.65. The molecule has 0 saturated carbocycles. The second-order valence-corrected chi connectivity index (χ2v) is 5.16. The Morgan fingerprint density at radius 3 is 2.06 bits per heavy atom. The fourth-order valence-corrected chi connectivity index (χ4v) is 2.43. The van der Waals surface area contributed by atoms with Crippen LogP contribution in [0, 0.1) is 11.3 Å². The molecule has 0 aromatic heterocycles. The molecule has 0 aliphatic heterocycles. The van der Waals surface area contributed by atoms with Gasteiger partial charge in [-0.15, -0.1) is 0 Å². The summed E-state index contributed by atoms with van der Waals surface area (Å²) in [4.78, 5) is 11.3. The number of carboxylic acid groups (broad SMARTS) is 1. The molecule has 1 aromatic carbocycles. The van der Waals surface area contributed by atoms with E-state index in [2.05, 4.69) is 13.8 Å². The van der Waals surface area contributed by atoms with E-state index in [1.165, 1.54) is 0 Å². The number of carbonyl (C=O) groups is 1. The van der Waals surface area contributed by atoms with Crippen LogP contribution >= 0.6 is 0 Å². The highest BCUT2D eigenvalue weighted by Crippen LogP contribution is 2.41. The second-order valence-electron chi connectivity index (χ2n) is 5.16. The van der Waals surface area contributed by atoms with Crippen molar-refractivity contribution in [3.8, 4) is 0 Å². The van der Waals surface area contributed by atoms with Gasteiger partial charge in [-0.1, -0.05) is 44.2 Å². The molecule has 16 heavy (non-hydrogen) atoms. The first kappa shape index (κ1) is 12.8. The summed E-state index contributed by atoms with van der Waals surface area (Å²) >= 11 is 0. The van der Waals surface area contributed by atoms with Crippen molar-refractivity contribution in [2.45, 2.75) is 33.6 Å². The van der Waals surface area contributed by atoms with Crippen LogP contribution in [0.3, 0.4) is 0 Å². The molecule has 1 rings (SSSR count). The lowest BCUT2D eigenvalue weighted by Gasteiger charge is -2.34. The van der Waals surface area contributed by atoms with Crippen LogP contribution in [0.4, 0.5) is 0 Å². The van der Waals surface area contributed by atoms with Crippen LogP contribution in [-0.2, 0) is 4.79 Å². The summed E-state index contributed by atoms with van der Waals surface area (Å²) in [6.07, 6.45) is 0. The lowest BCUT2D eigenvalue weighted by Crippen LogP contribution is -2.34. The summed E-state index contributed by atoms with van der Waals surface area (Å²) in [5.74, 6) is -0.408. The average Bonchev–Trinajstić information content (AvgIpc) is 2.18. The molecule has 0 aliphatic carbocycles. The van der Waals surface area contributed by atoms with Crippen LogP contribution in [-0.4, -0.2) is 11.1 Å². The molecular formula is C14H20O2. The summed E-state index contributed by atoms with van der Waals surface area (Å²) in [6, 6.07) is 9.89. The third-order valence-electron chi connectivity index (χ3n) is 3.15. The van der Waals surface area contributed by atoms with Gasteiger partial charge in [-0.05, 0) is 25.3 Å². The highest BCUT2D eigenvalue weighted by atomic mass is 16.4. The predicted molar refractivity (Wildman–Crippen MR) is 65.4 cm³/mol. The molecule has 1 N–H and O–H groups in total. The Kier molecular flexibility index (Phi) is 3.74. The highest BCUT2D eigenvalue weighted by Gasteiger charge is 2.39. The van der Waals surface area contributed by atoms with E-state index in [0.717, 1.165) is 5.56 Å². The van der Waals surface area contributed by atoms with E-state index >= 15 is 0 Å². The predicted octanol–water partition coefficient (Wildman–Crippen LogP) is 3.54. The molecule has 2 heteroatoms. The molecule has 0 fully saturated rings. The van der Waals surface area contributed by atoms with Gasteiger partial charge >= 0.3 is 5.97 Å². The maximum Gasteiger partial charge on any atom is 0.309 e. The number of hydrogen-bond donors (Lipinski definition) is 1. The van der Waals surface area contributed by atoms with Crippen LogP contribution in [0.1, 0.15) is 39.2 Å². The molecule has 2 nitrogen and oxygen atoms in total. The van der Waals surface area contributed by atoms with Crippen LogP contribution < -0.4 is 0 Å². The van der Waals surface area contributed by atoms with Crippen molar-refractivity contribution in [3.05, 3.63) is 35.9 Å². The van der Waals surface area contributed by atoms with Gasteiger partial charge in [-0.3, -0.25) is 4.79 Å². The van der Waals surface area contributed by atoms with Crippen molar-refractivity contribution in [1.82, 2.24) is 0 Å². The number of benzene rings is 1. The maximum atomic E-state index is 11.3. The van der Waals surface area contributed by atoms with E-state index in [1.54, 1.807) is 13.8 Å². The minimum Gasteiger partial charge on any atom is -0.481 e. The molecule has 1 unspecified atom stereocenters. The largest absolute Gasteiger partial charge is 0.481 e. The lowest BCUT2D eigenvalue weighted by atomic mass is 9.69. The summed E-state index contributed by atoms with van der Waals surface area (Å²) < 4.78 is 0. The zero-order valence-corrected chi connectivity index (χ0v) is 10.4. The molecule has 0 heterocycles. The molecule has 0 aliphatic rings. The normalized spacial score (nSPS) is 13.8. The smallest absolute Gasteiger partial charge is 0.309 e. The van der Waals surface area contributed by atoms with Crippen molar-refractivity contribution in [2.24, 2.45) is 11.3 Å². The zero-order valence-electron chi connectivity index (χ0n) is 10.4. The van der Waals surface area contributed by atoms with Gasteiger partial charge in [0.2, 0.25) is 0 Å². The van der Waals surface area contributed by atoms with Crippen molar-refractivity contribution in [1.29, 1.82) is 0 Å². The van der Waals surface area contributed by atoms with Gasteiger partial charge in [-0.25, -0.2) is 0 Å². The van der Waals surface area contributed by atoms with Gasteiger partial charge in [0, 0.05) is 5.92 Å². The van der Waals surface area contributed by atoms with Crippen molar-refractivity contribution in [3.63, 3.8) is 0 Å². The maximum absolute atomic E-state index is 11.3. The number of carboxylic acids is 1. The molecule has 1 aromatic rings. The van der Waals surface area contributed by atoms with Crippen molar-refractivity contribution in [2.75, 3.05) is 0 Å². The fraction of sp³-hybridized carbons (Fsp3) is 0.500. The SMILES string of the molecule is CC(C)C(c1ccccc1)C(C)(C)C(=O)O. The zero-order chi connectivity index (χ0) is 12.3. The van der Waals surface area contributed by atoms with Gasteiger partial charge in [0.05, 0.1) is 5.41 Å². The second kappa shape index (κ2) is 4.69. The van der Waals surface area contributed by atoms with Crippen LogP contribution in [0.15, 0.2) is 30.3 Å². The van der Waals surface area contributed by atoms with Crippen molar-refractivity contribution >= 4 is 5.97 Å². The number of hydrogen-bond acceptors (Lipinski definition) is 1. The minimum absolute atomic E-state index is 0.0335. The molecule has 1 atom stereocenters. The Balaban J connectivity index is 3.16. The number of rotatable bonds is 4. The van der Waals surface area contributed by atoms with Gasteiger partial charge in [0.15, 0.2) is 0 Å². The van der Waals surface area contributed by atoms with E-state index in [4.69, 9.17) is 0 Å². The van der Waals surface area contributed by atoms with Crippen LogP contribution in [0.25, 0.3) is 0 Å². The Morgan fingerprint density at radius 2 is 1.69 bits per heavy atom. The van der Waals surface area contributed by atoms with Gasteiger partial charge < -0.3 is 5.11 Å². The average molecular weight is 220 g/mol. The quantitative estimate of drug-likeness (QED) is 0.842. The van der Waals surface area contributed by atoms with Gasteiger partial charge in [0.25, 0.3) is 0 Å².